The van der Waals surface area contributed by atoms with Crippen LogP contribution in [0.2, 0.25) is 0 Å². The van der Waals surface area contributed by atoms with Crippen LogP contribution >= 0.6 is 0 Å². The summed E-state index contributed by atoms with van der Waals surface area (Å²) in [6.45, 7) is 0.617. The molecule has 0 saturated heterocycles. The first kappa shape index (κ1) is 12.2. The Hall–Kier alpha value is -1.80. The van der Waals surface area contributed by atoms with E-state index in [0.29, 0.717) is 6.61 Å². The fourth-order valence-corrected chi connectivity index (χ4v) is 2.66. The molecule has 2 heteroatoms. The number of hydrogen-bond acceptors (Lipinski definition) is 2. The van der Waals surface area contributed by atoms with Gasteiger partial charge in [-0.3, -0.25) is 0 Å². The minimum atomic E-state index is 0.201. The second-order valence-electron chi connectivity index (χ2n) is 5.13. The van der Waals surface area contributed by atoms with Crippen LogP contribution in [0.3, 0.4) is 0 Å². The first-order valence-corrected chi connectivity index (χ1v) is 6.88. The van der Waals surface area contributed by atoms with Gasteiger partial charge in [-0.2, -0.15) is 0 Å². The average molecular weight is 253 g/mol. The van der Waals surface area contributed by atoms with E-state index < -0.39 is 0 Å². The van der Waals surface area contributed by atoms with Gasteiger partial charge in [0.25, 0.3) is 0 Å². The van der Waals surface area contributed by atoms with Gasteiger partial charge in [0, 0.05) is 6.04 Å². The summed E-state index contributed by atoms with van der Waals surface area (Å²) in [6, 6.07) is 16.7. The molecule has 3 rings (SSSR count). The fraction of sp³-hybridized carbons (Fsp3) is 0.294. The second-order valence-corrected chi connectivity index (χ2v) is 5.13. The van der Waals surface area contributed by atoms with Crippen LogP contribution in [0.4, 0.5) is 0 Å². The Morgan fingerprint density at radius 1 is 1.11 bits per heavy atom. The maximum absolute atomic E-state index is 6.12. The quantitative estimate of drug-likeness (QED) is 0.907. The number of fused-ring (bicyclic) bond motifs is 1. The standard InChI is InChI=1S/C17H19NO/c18-17-8-4-7-14-11-15(9-10-16(14)17)19-12-13-5-2-1-3-6-13/h1-3,5-6,9-11,17H,4,7-8,12,18H2/t17-/m1/s1. The predicted molar refractivity (Wildman–Crippen MR) is 77.1 cm³/mol. The van der Waals surface area contributed by atoms with Crippen molar-refractivity contribution in [1.82, 2.24) is 0 Å². The van der Waals surface area contributed by atoms with E-state index in [9.17, 15) is 0 Å². The first-order chi connectivity index (χ1) is 9.33. The summed E-state index contributed by atoms with van der Waals surface area (Å²) in [4.78, 5) is 0. The lowest BCUT2D eigenvalue weighted by atomic mass is 9.88. The summed E-state index contributed by atoms with van der Waals surface area (Å²) in [5, 5.41) is 0. The molecule has 1 aliphatic carbocycles. The van der Waals surface area contributed by atoms with Gasteiger partial charge in [-0.15, -0.1) is 0 Å². The molecule has 2 N–H and O–H groups in total. The van der Waals surface area contributed by atoms with Gasteiger partial charge in [0.2, 0.25) is 0 Å². The van der Waals surface area contributed by atoms with Crippen LogP contribution in [-0.2, 0) is 13.0 Å². The largest absolute Gasteiger partial charge is 0.489 e. The zero-order valence-electron chi connectivity index (χ0n) is 11.0. The van der Waals surface area contributed by atoms with E-state index in [-0.39, 0.29) is 6.04 Å². The van der Waals surface area contributed by atoms with Crippen molar-refractivity contribution in [3.05, 3.63) is 65.2 Å². The number of aryl methyl sites for hydroxylation is 1. The zero-order chi connectivity index (χ0) is 13.1. The van der Waals surface area contributed by atoms with Crippen molar-refractivity contribution >= 4 is 0 Å². The lowest BCUT2D eigenvalue weighted by molar-refractivity contribution is 0.305. The summed E-state index contributed by atoms with van der Waals surface area (Å²) >= 11 is 0. The van der Waals surface area contributed by atoms with E-state index in [1.807, 2.05) is 24.3 Å². The third-order valence-electron chi connectivity index (χ3n) is 3.72. The fourth-order valence-electron chi connectivity index (χ4n) is 2.66. The SMILES string of the molecule is N[C@@H]1CCCc2cc(OCc3ccccc3)ccc21. The van der Waals surface area contributed by atoms with Crippen molar-refractivity contribution in [3.63, 3.8) is 0 Å². The summed E-state index contributed by atoms with van der Waals surface area (Å²) in [7, 11) is 0. The minimum absolute atomic E-state index is 0.201. The lowest BCUT2D eigenvalue weighted by Crippen LogP contribution is -2.17. The van der Waals surface area contributed by atoms with E-state index in [4.69, 9.17) is 10.5 Å². The molecule has 2 aromatic carbocycles. The van der Waals surface area contributed by atoms with Crippen LogP contribution in [0, 0.1) is 0 Å². The van der Waals surface area contributed by atoms with Crippen LogP contribution in [0.25, 0.3) is 0 Å². The van der Waals surface area contributed by atoms with Gasteiger partial charge in [0.1, 0.15) is 12.4 Å². The second kappa shape index (κ2) is 5.45. The highest BCUT2D eigenvalue weighted by Gasteiger charge is 2.16. The summed E-state index contributed by atoms with van der Waals surface area (Å²) in [6.07, 6.45) is 3.39. The van der Waals surface area contributed by atoms with Crippen LogP contribution in [-0.4, -0.2) is 0 Å². The van der Waals surface area contributed by atoms with E-state index in [0.717, 1.165) is 18.6 Å². The predicted octanol–water partition coefficient (Wildman–Crippen LogP) is 3.60. The molecule has 0 unspecified atom stereocenters. The summed E-state index contributed by atoms with van der Waals surface area (Å²) in [5.74, 6) is 0.941. The molecule has 0 aliphatic heterocycles. The van der Waals surface area contributed by atoms with E-state index >= 15 is 0 Å². The highest BCUT2D eigenvalue weighted by Crippen LogP contribution is 2.30. The van der Waals surface area contributed by atoms with Crippen LogP contribution in [0.5, 0.6) is 5.75 Å². The van der Waals surface area contributed by atoms with Gasteiger partial charge in [0.05, 0.1) is 0 Å². The summed E-state index contributed by atoms with van der Waals surface area (Å²) in [5.41, 5.74) is 9.95. The van der Waals surface area contributed by atoms with Gasteiger partial charge in [-0.1, -0.05) is 36.4 Å². The number of nitrogens with two attached hydrogens (primary N) is 1. The third kappa shape index (κ3) is 2.79. The van der Waals surface area contributed by atoms with Gasteiger partial charge in [-0.25, -0.2) is 0 Å². The number of benzene rings is 2. The Labute approximate surface area is 114 Å². The smallest absolute Gasteiger partial charge is 0.120 e. The maximum Gasteiger partial charge on any atom is 0.120 e. The van der Waals surface area contributed by atoms with Gasteiger partial charge < -0.3 is 10.5 Å². The van der Waals surface area contributed by atoms with E-state index in [1.165, 1.54) is 23.1 Å². The highest BCUT2D eigenvalue weighted by molar-refractivity contribution is 5.39. The minimum Gasteiger partial charge on any atom is -0.489 e. The van der Waals surface area contributed by atoms with Gasteiger partial charge >= 0.3 is 0 Å². The van der Waals surface area contributed by atoms with Crippen molar-refractivity contribution in [2.45, 2.75) is 31.9 Å². The molecule has 98 valence electrons. The molecule has 2 nitrogen and oxygen atoms in total. The molecule has 0 fully saturated rings. The van der Waals surface area contributed by atoms with Crippen molar-refractivity contribution < 1.29 is 4.74 Å². The van der Waals surface area contributed by atoms with Crippen LogP contribution in [0.1, 0.15) is 35.6 Å². The first-order valence-electron chi connectivity index (χ1n) is 6.88. The average Bonchev–Trinajstić information content (AvgIpc) is 2.46. The van der Waals surface area contributed by atoms with Crippen molar-refractivity contribution in [3.8, 4) is 5.75 Å². The van der Waals surface area contributed by atoms with Crippen LogP contribution in [0.15, 0.2) is 48.5 Å². The van der Waals surface area contributed by atoms with E-state index in [1.54, 1.807) is 0 Å². The van der Waals surface area contributed by atoms with Gasteiger partial charge in [0.15, 0.2) is 0 Å². The molecule has 0 heterocycles. The molecular weight excluding hydrogens is 234 g/mol. The molecule has 1 aliphatic rings. The number of rotatable bonds is 3. The molecule has 0 saturated carbocycles. The molecule has 0 aromatic heterocycles. The Morgan fingerprint density at radius 2 is 1.95 bits per heavy atom. The summed E-state index contributed by atoms with van der Waals surface area (Å²) < 4.78 is 5.85. The Bertz CT molecular complexity index is 550. The molecule has 0 bridgehead atoms. The third-order valence-corrected chi connectivity index (χ3v) is 3.72. The molecule has 1 atom stereocenters. The maximum atomic E-state index is 6.12. The number of hydrogen-bond donors (Lipinski definition) is 1. The van der Waals surface area contributed by atoms with Gasteiger partial charge in [-0.05, 0) is 48.1 Å². The molecule has 2 aromatic rings. The number of ether oxygens (including phenoxy) is 1. The Balaban J connectivity index is 1.72. The monoisotopic (exact) mass is 253 g/mol. The van der Waals surface area contributed by atoms with E-state index in [2.05, 4.69) is 24.3 Å². The molecular formula is C17H19NO. The molecule has 0 spiro atoms. The van der Waals surface area contributed by atoms with Crippen molar-refractivity contribution in [1.29, 1.82) is 0 Å². The molecule has 0 radical (unpaired) electrons. The Morgan fingerprint density at radius 3 is 2.79 bits per heavy atom. The van der Waals surface area contributed by atoms with Crippen LogP contribution < -0.4 is 10.5 Å². The zero-order valence-corrected chi connectivity index (χ0v) is 11.0. The highest BCUT2D eigenvalue weighted by atomic mass is 16.5. The topological polar surface area (TPSA) is 35.2 Å². The van der Waals surface area contributed by atoms with Crippen molar-refractivity contribution in [2.24, 2.45) is 5.73 Å². The lowest BCUT2D eigenvalue weighted by Gasteiger charge is -2.22. The Kier molecular flexibility index (Phi) is 3.51. The molecule has 0 amide bonds. The molecule has 19 heavy (non-hydrogen) atoms. The normalized spacial score (nSPS) is 17.8. The van der Waals surface area contributed by atoms with Crippen molar-refractivity contribution in [2.75, 3.05) is 0 Å².